The average molecular weight is 256 g/mol. The number of carboxylic acids is 2. The summed E-state index contributed by atoms with van der Waals surface area (Å²) in [6.45, 7) is 8.39. The van der Waals surface area contributed by atoms with E-state index in [1.165, 1.54) is 6.26 Å². The van der Waals surface area contributed by atoms with Gasteiger partial charge in [0.05, 0.1) is 12.9 Å². The van der Waals surface area contributed by atoms with E-state index in [1.54, 1.807) is 0 Å². The zero-order valence-electron chi connectivity index (χ0n) is 10.3. The lowest BCUT2D eigenvalue weighted by atomic mass is 10.2. The van der Waals surface area contributed by atoms with Crippen LogP contribution in [-0.2, 0) is 4.74 Å². The van der Waals surface area contributed by atoms with Crippen LogP contribution in [0.2, 0.25) is 0 Å². The maximum atomic E-state index is 10.2. The highest BCUT2D eigenvalue weighted by atomic mass is 16.5. The number of hydrogen-bond donors (Lipinski definition) is 2. The quantitative estimate of drug-likeness (QED) is 0.785. The van der Waals surface area contributed by atoms with Crippen LogP contribution in [0.1, 0.15) is 35.0 Å². The minimum atomic E-state index is -1.28. The van der Waals surface area contributed by atoms with Crippen molar-refractivity contribution in [3.05, 3.63) is 36.5 Å². The van der Waals surface area contributed by atoms with E-state index < -0.39 is 11.9 Å². The Balaban J connectivity index is 0.000000360. The molecule has 0 unspecified atom stereocenters. The molecule has 0 fully saturated rings. The molecule has 0 radical (unpaired) electrons. The third-order valence-corrected chi connectivity index (χ3v) is 1.57. The Morgan fingerprint density at radius 3 is 1.94 bits per heavy atom. The lowest BCUT2D eigenvalue weighted by molar-refractivity contribution is 0.0631. The van der Waals surface area contributed by atoms with E-state index in [-0.39, 0.29) is 11.5 Å². The maximum absolute atomic E-state index is 10.2. The highest BCUT2D eigenvalue weighted by Crippen LogP contribution is 2.06. The minimum Gasteiger partial charge on any atom is -0.502 e. The van der Waals surface area contributed by atoms with Crippen LogP contribution in [-0.4, -0.2) is 28.8 Å². The van der Waals surface area contributed by atoms with Crippen molar-refractivity contribution >= 4 is 11.9 Å². The van der Waals surface area contributed by atoms with Gasteiger partial charge in [0, 0.05) is 0 Å². The van der Waals surface area contributed by atoms with E-state index in [0.29, 0.717) is 5.92 Å². The van der Waals surface area contributed by atoms with Crippen LogP contribution < -0.4 is 0 Å². The zero-order chi connectivity index (χ0) is 14.1. The van der Waals surface area contributed by atoms with Crippen molar-refractivity contribution in [2.24, 2.45) is 5.92 Å². The van der Waals surface area contributed by atoms with E-state index in [2.05, 4.69) is 24.8 Å². The van der Waals surface area contributed by atoms with Crippen molar-refractivity contribution in [1.29, 1.82) is 0 Å². The summed E-state index contributed by atoms with van der Waals surface area (Å²) in [6.07, 6.45) is 1.47. The molecule has 1 aromatic heterocycles. The fourth-order valence-corrected chi connectivity index (χ4v) is 0.828. The third kappa shape index (κ3) is 6.37. The average Bonchev–Trinajstić information content (AvgIpc) is 2.76. The number of aromatic carboxylic acids is 2. The number of carbonyl (C=O) groups is 2. The molecule has 0 amide bonds. The first-order valence-electron chi connectivity index (χ1n) is 5.17. The molecule has 6 nitrogen and oxygen atoms in total. The molecule has 1 heterocycles. The van der Waals surface area contributed by atoms with Crippen LogP contribution in [0.15, 0.2) is 29.4 Å². The minimum absolute atomic E-state index is 0.373. The highest BCUT2D eigenvalue weighted by Gasteiger charge is 2.12. The predicted octanol–water partition coefficient (Wildman–Crippen LogP) is 2.48. The molecule has 0 saturated carbocycles. The second kappa shape index (κ2) is 7.94. The van der Waals surface area contributed by atoms with Crippen molar-refractivity contribution in [3.8, 4) is 0 Å². The van der Waals surface area contributed by atoms with Gasteiger partial charge in [0.15, 0.2) is 0 Å². The van der Waals surface area contributed by atoms with Crippen molar-refractivity contribution in [2.45, 2.75) is 13.8 Å². The zero-order valence-corrected chi connectivity index (χ0v) is 10.3. The van der Waals surface area contributed by atoms with Crippen LogP contribution in [0, 0.1) is 5.92 Å². The number of hydrogen-bond acceptors (Lipinski definition) is 4. The molecular formula is C12H16O6. The first-order valence-corrected chi connectivity index (χ1v) is 5.17. The monoisotopic (exact) mass is 256 g/mol. The molecule has 18 heavy (non-hydrogen) atoms. The summed E-state index contributed by atoms with van der Waals surface area (Å²) < 4.78 is 9.27. The summed E-state index contributed by atoms with van der Waals surface area (Å²) in [4.78, 5) is 20.3. The van der Waals surface area contributed by atoms with Crippen LogP contribution in [0.4, 0.5) is 0 Å². The van der Waals surface area contributed by atoms with Gasteiger partial charge in [0.2, 0.25) is 11.5 Å². The second-order valence-electron chi connectivity index (χ2n) is 3.67. The van der Waals surface area contributed by atoms with Crippen LogP contribution in [0.25, 0.3) is 0 Å². The van der Waals surface area contributed by atoms with Gasteiger partial charge in [-0.3, -0.25) is 0 Å². The standard InChI is InChI=1S/C6H4O5.C6H12O/c7-5(8)3-1-2-4(11-3)6(9)10;1-4-7-5-6(2)3/h1-2H,(H,7,8)(H,9,10);4,6H,1,5H2,2-3H3. The number of rotatable bonds is 5. The Labute approximate surface area is 104 Å². The fourth-order valence-electron chi connectivity index (χ4n) is 0.828. The van der Waals surface area contributed by atoms with E-state index >= 15 is 0 Å². The summed E-state index contributed by atoms with van der Waals surface area (Å²) in [7, 11) is 0. The van der Waals surface area contributed by atoms with Gasteiger partial charge < -0.3 is 19.4 Å². The third-order valence-electron chi connectivity index (χ3n) is 1.57. The normalized spacial score (nSPS) is 9.28. The lowest BCUT2D eigenvalue weighted by Gasteiger charge is -2.00. The fraction of sp³-hybridized carbons (Fsp3) is 0.333. The van der Waals surface area contributed by atoms with Crippen molar-refractivity contribution in [2.75, 3.05) is 6.61 Å². The summed E-state index contributed by atoms with van der Waals surface area (Å²) in [5, 5.41) is 16.6. The van der Waals surface area contributed by atoms with Crippen molar-refractivity contribution in [3.63, 3.8) is 0 Å². The summed E-state index contributed by atoms with van der Waals surface area (Å²) >= 11 is 0. The Hall–Kier alpha value is -2.24. The molecule has 2 N–H and O–H groups in total. The van der Waals surface area contributed by atoms with Crippen molar-refractivity contribution < 1.29 is 29.0 Å². The predicted molar refractivity (Wildman–Crippen MR) is 63.6 cm³/mol. The lowest BCUT2D eigenvalue weighted by Crippen LogP contribution is -1.95. The molecule has 0 aromatic carbocycles. The van der Waals surface area contributed by atoms with Gasteiger partial charge in [-0.1, -0.05) is 20.4 Å². The number of furan rings is 1. The molecule has 0 saturated heterocycles. The molecule has 0 spiro atoms. The van der Waals surface area contributed by atoms with E-state index in [9.17, 15) is 9.59 Å². The molecule has 1 aromatic rings. The molecule has 0 aliphatic rings. The molecule has 1 rings (SSSR count). The Kier molecular flexibility index (Phi) is 6.95. The highest BCUT2D eigenvalue weighted by molar-refractivity contribution is 5.88. The molecular weight excluding hydrogens is 240 g/mol. The molecule has 0 bridgehead atoms. The molecule has 0 aliphatic carbocycles. The first-order chi connectivity index (χ1) is 8.38. The van der Waals surface area contributed by atoms with Gasteiger partial charge in [-0.25, -0.2) is 9.59 Å². The topological polar surface area (TPSA) is 97.0 Å². The SMILES string of the molecule is C=COCC(C)C.O=C(O)c1ccc(C(=O)O)o1. The van der Waals surface area contributed by atoms with Crippen LogP contribution in [0.3, 0.4) is 0 Å². The largest absolute Gasteiger partial charge is 0.502 e. The molecule has 6 heteroatoms. The summed E-state index contributed by atoms with van der Waals surface area (Å²) in [6, 6.07) is 2.18. The molecule has 0 aliphatic heterocycles. The smallest absolute Gasteiger partial charge is 0.371 e. The van der Waals surface area contributed by atoms with Gasteiger partial charge in [0.1, 0.15) is 0 Å². The second-order valence-corrected chi connectivity index (χ2v) is 3.67. The van der Waals surface area contributed by atoms with Crippen molar-refractivity contribution in [1.82, 2.24) is 0 Å². The summed E-state index contributed by atoms with van der Waals surface area (Å²) in [5.41, 5.74) is 0. The number of carboxylic acid groups (broad SMARTS) is 2. The number of ether oxygens (including phenoxy) is 1. The van der Waals surface area contributed by atoms with E-state index in [0.717, 1.165) is 18.7 Å². The maximum Gasteiger partial charge on any atom is 0.371 e. The first kappa shape index (κ1) is 15.8. The van der Waals surface area contributed by atoms with Gasteiger partial charge in [0.25, 0.3) is 0 Å². The molecule has 0 atom stereocenters. The van der Waals surface area contributed by atoms with Gasteiger partial charge in [-0.15, -0.1) is 0 Å². The van der Waals surface area contributed by atoms with E-state index in [1.807, 2.05) is 0 Å². The van der Waals surface area contributed by atoms with Gasteiger partial charge in [-0.05, 0) is 18.1 Å². The Bertz CT molecular complexity index is 376. The van der Waals surface area contributed by atoms with Gasteiger partial charge >= 0.3 is 11.9 Å². The van der Waals surface area contributed by atoms with Gasteiger partial charge in [-0.2, -0.15) is 0 Å². The van der Waals surface area contributed by atoms with Crippen LogP contribution >= 0.6 is 0 Å². The molecule has 100 valence electrons. The van der Waals surface area contributed by atoms with E-state index in [4.69, 9.17) is 14.9 Å². The summed E-state index contributed by atoms with van der Waals surface area (Å²) in [5.74, 6) is -2.70. The Morgan fingerprint density at radius 1 is 1.33 bits per heavy atom. The van der Waals surface area contributed by atoms with Crippen LogP contribution in [0.5, 0.6) is 0 Å². The Morgan fingerprint density at radius 2 is 1.78 bits per heavy atom.